The van der Waals surface area contributed by atoms with Gasteiger partial charge in [0.1, 0.15) is 43.6 Å². The van der Waals surface area contributed by atoms with Gasteiger partial charge >= 0.3 is 71.6 Å². The maximum atomic E-state index is 10.1. The molecule has 1 rings (SSSR count). The molecule has 27 N–H and O–H groups in total. The van der Waals surface area contributed by atoms with Crippen molar-refractivity contribution in [3.8, 4) is 0 Å². The lowest BCUT2D eigenvalue weighted by atomic mass is 10.2. The van der Waals surface area contributed by atoms with Crippen LogP contribution in [0.1, 0.15) is 72.1 Å². The molecule has 0 spiro atoms. The third-order valence-electron chi connectivity index (χ3n) is 5.16. The summed E-state index contributed by atoms with van der Waals surface area (Å²) in [5, 5.41) is 205. The van der Waals surface area contributed by atoms with Crippen molar-refractivity contribution in [3.63, 3.8) is 0 Å². The molecule has 42 nitrogen and oxygen atoms in total. The molecule has 42 heteroatoms. The van der Waals surface area contributed by atoms with Gasteiger partial charge in [-0.1, -0.05) is 0 Å². The number of hydrogen-bond acceptors (Lipinski definition) is 29. The molecule has 0 aromatic carbocycles. The van der Waals surface area contributed by atoms with Gasteiger partial charge in [-0.05, 0) is 26.3 Å². The number of carbonyl (C=O) groups excluding carboxylic acids is 2. The van der Waals surface area contributed by atoms with Crippen LogP contribution in [-0.4, -0.2) is 320 Å². The highest BCUT2D eigenvalue weighted by atomic mass is 16.4. The molecule has 0 amide bonds. The highest BCUT2D eigenvalue weighted by Crippen LogP contribution is 2.03. The van der Waals surface area contributed by atoms with Gasteiger partial charge in [-0.2, -0.15) is 0 Å². The molecule has 0 saturated carbocycles. The molecule has 1 aliphatic rings. The molecular formula is C41H81NO41. The van der Waals surface area contributed by atoms with Crippen LogP contribution in [0.4, 0.5) is 0 Å². The number of carboxylic acids is 12. The average molecular weight is 1240 g/mol. The first-order valence-electron chi connectivity index (χ1n) is 21.3. The molecule has 1 aliphatic heterocycles. The Kier molecular flexibility index (Phi) is 120. The number of aliphatic hydroxyl groups excluding tert-OH is 13. The fraction of sp³-hybridized carbons (Fsp3) is 0.634. The molecule has 1 unspecified atom stereocenters. The molecule has 83 heavy (non-hydrogen) atoms. The Balaban J connectivity index is -0.0000000519. The monoisotopic (exact) mass is 1240 g/mol. The fourth-order valence-corrected chi connectivity index (χ4v) is 1.92. The van der Waals surface area contributed by atoms with E-state index in [1.54, 1.807) is 0 Å². The second kappa shape index (κ2) is 90.4. The van der Waals surface area contributed by atoms with E-state index in [-0.39, 0.29) is 71.4 Å². The van der Waals surface area contributed by atoms with E-state index in [2.05, 4.69) is 5.32 Å². The maximum absolute atomic E-state index is 10.1. The second-order valence-corrected chi connectivity index (χ2v) is 12.5. The van der Waals surface area contributed by atoms with E-state index >= 15 is 0 Å². The standard InChI is InChI=1S/C5H9NO2.C4H6O4.C4H8O3.3C3H4O4.3C3H8O3.2C3H4O3.CH2O2.3CH4O/c7-5(8)4-2-1-3-6-4;5-3(6)1-2-4(7)8;1-3(5)2-4(6)7;3*4-2(5)1-3(6)7;3*4-1-3(6)2-5;2*1-2(4)3(5)6;2-1-3;3*1-2/h4,6H,1-3H2,(H,7,8);1-2H2,(H,5,6)(H,7,8);3,5H,2H2,1H3,(H,6,7);3*1H2,(H,4,5)(H,6,7);3*3-6H,1-2H2;2*1H3,(H,5,6);1H,(H,2,3);3*2H,1H3/t4-;;;;;;;;;;;;;;/m0............../s1. The molecule has 496 valence electrons. The van der Waals surface area contributed by atoms with Crippen molar-refractivity contribution in [3.05, 3.63) is 0 Å². The van der Waals surface area contributed by atoms with E-state index in [9.17, 15) is 67.1 Å². The predicted octanol–water partition coefficient (Wildman–Crippen LogP) is -8.92. The van der Waals surface area contributed by atoms with Crippen molar-refractivity contribution in [2.24, 2.45) is 0 Å². The van der Waals surface area contributed by atoms with Crippen LogP contribution in [0.2, 0.25) is 0 Å². The van der Waals surface area contributed by atoms with Crippen LogP contribution in [0.3, 0.4) is 0 Å². The summed E-state index contributed by atoms with van der Waals surface area (Å²) < 4.78 is 0. The number of carbonyl (C=O) groups is 15. The Morgan fingerprint density at radius 3 is 0.651 bits per heavy atom. The van der Waals surface area contributed by atoms with Crippen molar-refractivity contribution in [2.45, 2.75) is 103 Å². The summed E-state index contributed by atoms with van der Waals surface area (Å²) in [5.74, 6) is -16.1. The van der Waals surface area contributed by atoms with Gasteiger partial charge in [0.05, 0.1) is 65.0 Å². The van der Waals surface area contributed by atoms with Crippen LogP contribution in [0, 0.1) is 0 Å². The van der Waals surface area contributed by atoms with Gasteiger partial charge in [0.15, 0.2) is 0 Å². The Hall–Kier alpha value is -8.11. The molecule has 2 atom stereocenters. The number of carboxylic acid groups (broad SMARTS) is 13. The van der Waals surface area contributed by atoms with E-state index in [1.807, 2.05) is 0 Å². The van der Waals surface area contributed by atoms with Gasteiger partial charge < -0.3 is 138 Å². The van der Waals surface area contributed by atoms with Gasteiger partial charge in [0.2, 0.25) is 11.6 Å². The van der Waals surface area contributed by atoms with E-state index in [1.165, 1.54) is 6.92 Å². The molecule has 0 aliphatic carbocycles. The zero-order valence-corrected chi connectivity index (χ0v) is 45.3. The normalized spacial score (nSPS) is 10.3. The average Bonchev–Trinajstić information content (AvgIpc) is 3.93. The zero-order valence-electron chi connectivity index (χ0n) is 45.3. The first-order chi connectivity index (χ1) is 38.1. The minimum Gasteiger partial charge on any atom is -0.483 e. The summed E-state index contributed by atoms with van der Waals surface area (Å²) in [4.78, 5) is 142. The van der Waals surface area contributed by atoms with Crippen LogP contribution in [0.25, 0.3) is 0 Å². The number of ketones is 2. The Labute approximate surface area is 469 Å². The van der Waals surface area contributed by atoms with Gasteiger partial charge in [-0.25, -0.2) is 9.59 Å². The predicted molar refractivity (Wildman–Crippen MR) is 267 cm³/mol. The molecule has 0 bridgehead atoms. The van der Waals surface area contributed by atoms with E-state index in [0.717, 1.165) is 54.6 Å². The molecule has 1 fully saturated rings. The second-order valence-electron chi connectivity index (χ2n) is 12.5. The molecular weight excluding hydrogens is 1160 g/mol. The van der Waals surface area contributed by atoms with Crippen molar-refractivity contribution in [1.29, 1.82) is 0 Å². The first kappa shape index (κ1) is 110. The van der Waals surface area contributed by atoms with E-state index in [4.69, 9.17) is 138 Å². The Morgan fingerprint density at radius 1 is 0.422 bits per heavy atom. The smallest absolute Gasteiger partial charge is 0.371 e. The molecule has 1 saturated heterocycles. The van der Waals surface area contributed by atoms with Gasteiger partial charge in [0, 0.05) is 35.2 Å². The number of Topliss-reactive ketones (excluding diaryl/α,β-unsaturated/α-hetero) is 2. The number of hydrogen-bond donors (Lipinski definition) is 27. The Bertz CT molecular complexity index is 1450. The number of rotatable bonds is 20. The lowest BCUT2D eigenvalue weighted by Gasteiger charge is -1.99. The van der Waals surface area contributed by atoms with Crippen molar-refractivity contribution < 1.29 is 205 Å². The van der Waals surface area contributed by atoms with Crippen LogP contribution in [-0.2, 0) is 71.9 Å². The minimum absolute atomic E-state index is 0.167. The van der Waals surface area contributed by atoms with Crippen LogP contribution in [0.5, 0.6) is 0 Å². The third kappa shape index (κ3) is 198. The molecule has 0 aromatic heterocycles. The summed E-state index contributed by atoms with van der Waals surface area (Å²) in [6.45, 7) is 1.86. The van der Waals surface area contributed by atoms with E-state index in [0.29, 0.717) is 0 Å². The lowest BCUT2D eigenvalue weighted by Crippen LogP contribution is -2.29. The van der Waals surface area contributed by atoms with Crippen LogP contribution < -0.4 is 5.32 Å². The fourth-order valence-electron chi connectivity index (χ4n) is 1.92. The maximum Gasteiger partial charge on any atom is 0.371 e. The van der Waals surface area contributed by atoms with Gasteiger partial charge in [-0.3, -0.25) is 62.3 Å². The highest BCUT2D eigenvalue weighted by Gasteiger charge is 2.20. The quantitative estimate of drug-likeness (QED) is 0.0306. The van der Waals surface area contributed by atoms with Crippen LogP contribution in [0.15, 0.2) is 0 Å². The molecule has 1 heterocycles. The summed E-state index contributed by atoms with van der Waals surface area (Å²) in [6, 6.07) is -0.269. The summed E-state index contributed by atoms with van der Waals surface area (Å²) >= 11 is 0. The highest BCUT2D eigenvalue weighted by molar-refractivity contribution is 6.31. The first-order valence-corrected chi connectivity index (χ1v) is 21.3. The topological polar surface area (TPSA) is 794 Å². The van der Waals surface area contributed by atoms with Gasteiger partial charge in [-0.15, -0.1) is 0 Å². The van der Waals surface area contributed by atoms with E-state index < -0.39 is 127 Å². The van der Waals surface area contributed by atoms with Crippen molar-refractivity contribution >= 4 is 89.7 Å². The SMILES string of the molecule is CC(=O)C(=O)O.CC(=O)C(=O)O.CC(O)CC(=O)O.CO.CO.CO.O=C(O)CC(=O)O.O=C(O)CC(=O)O.O=C(O)CC(=O)O.O=C(O)CCC(=O)O.O=C(O)[C@@H]1CCCN1.O=CO.OCC(O)CO.OCC(O)CO.OCC(O)CO. The number of aliphatic hydroxyl groups is 13. The molecule has 0 radical (unpaired) electrons. The largest absolute Gasteiger partial charge is 0.483 e. The lowest BCUT2D eigenvalue weighted by molar-refractivity contribution is -0.149. The summed E-state index contributed by atoms with van der Waals surface area (Å²) in [6.07, 6.45) is -4.98. The third-order valence-corrected chi connectivity index (χ3v) is 5.16. The minimum atomic E-state index is -1.38. The van der Waals surface area contributed by atoms with Gasteiger partial charge in [0.25, 0.3) is 6.47 Å². The van der Waals surface area contributed by atoms with Crippen molar-refractivity contribution in [1.82, 2.24) is 5.32 Å². The summed E-state index contributed by atoms with van der Waals surface area (Å²) in [7, 11) is 3.00. The Morgan fingerprint density at radius 2 is 0.614 bits per heavy atom. The zero-order chi connectivity index (χ0) is 70.0. The van der Waals surface area contributed by atoms with Crippen molar-refractivity contribution in [2.75, 3.05) is 67.5 Å². The number of aliphatic carboxylic acids is 12. The summed E-state index contributed by atoms with van der Waals surface area (Å²) in [5.41, 5.74) is 0. The number of nitrogens with one attached hydrogen (secondary N) is 1. The molecule has 0 aromatic rings. The van der Waals surface area contributed by atoms with Crippen LogP contribution >= 0.6 is 0 Å².